The van der Waals surface area contributed by atoms with E-state index < -0.39 is 0 Å². The van der Waals surface area contributed by atoms with E-state index in [0.29, 0.717) is 6.54 Å². The molecule has 0 saturated carbocycles. The van der Waals surface area contributed by atoms with Gasteiger partial charge in [0.05, 0.1) is 12.7 Å². The van der Waals surface area contributed by atoms with Gasteiger partial charge >= 0.3 is 0 Å². The van der Waals surface area contributed by atoms with E-state index in [9.17, 15) is 0 Å². The van der Waals surface area contributed by atoms with E-state index in [2.05, 4.69) is 62.2 Å². The second-order valence-corrected chi connectivity index (χ2v) is 5.33. The number of fused-ring (bicyclic) bond motifs is 1. The van der Waals surface area contributed by atoms with Crippen LogP contribution in [0.2, 0.25) is 0 Å². The fourth-order valence-electron chi connectivity index (χ4n) is 2.40. The molecule has 0 atom stereocenters. The molecule has 2 N–H and O–H groups in total. The lowest BCUT2D eigenvalue weighted by atomic mass is 10.0. The van der Waals surface area contributed by atoms with Gasteiger partial charge < -0.3 is 15.4 Å². The van der Waals surface area contributed by atoms with E-state index >= 15 is 0 Å². The van der Waals surface area contributed by atoms with Crippen molar-refractivity contribution in [1.29, 1.82) is 0 Å². The van der Waals surface area contributed by atoms with Crippen LogP contribution < -0.4 is 10.6 Å². The Kier molecular flexibility index (Phi) is 4.99. The van der Waals surface area contributed by atoms with E-state index in [0.717, 1.165) is 13.2 Å². The van der Waals surface area contributed by atoms with Crippen molar-refractivity contribution in [2.45, 2.75) is 26.5 Å². The van der Waals surface area contributed by atoms with Crippen LogP contribution in [-0.4, -0.2) is 26.3 Å². The number of hydrogen-bond acceptors (Lipinski definition) is 3. The van der Waals surface area contributed by atoms with Crippen molar-refractivity contribution in [3.63, 3.8) is 0 Å². The molecule has 3 nitrogen and oxygen atoms in total. The average Bonchev–Trinajstić information content (AvgIpc) is 2.45. The van der Waals surface area contributed by atoms with Gasteiger partial charge in [0.1, 0.15) is 0 Å². The fourth-order valence-corrected chi connectivity index (χ4v) is 2.40. The number of nitrogens with zero attached hydrogens (tertiary/aromatic N) is 1. The quantitative estimate of drug-likeness (QED) is 0.878. The van der Waals surface area contributed by atoms with Crippen molar-refractivity contribution >= 4 is 16.5 Å². The molecular formula is C17H24N2O. The SMILES string of the molecule is CC(C)OCCN(C)c1ccc(CN)c2ccccc12. The van der Waals surface area contributed by atoms with Crippen LogP contribution in [0, 0.1) is 0 Å². The van der Waals surface area contributed by atoms with Crippen LogP contribution in [0.5, 0.6) is 0 Å². The van der Waals surface area contributed by atoms with Crippen molar-refractivity contribution < 1.29 is 4.74 Å². The number of ether oxygens (including phenoxy) is 1. The Balaban J connectivity index is 2.26. The van der Waals surface area contributed by atoms with Crippen molar-refractivity contribution in [3.8, 4) is 0 Å². The third kappa shape index (κ3) is 3.30. The summed E-state index contributed by atoms with van der Waals surface area (Å²) in [6, 6.07) is 12.7. The zero-order chi connectivity index (χ0) is 14.5. The highest BCUT2D eigenvalue weighted by Gasteiger charge is 2.08. The maximum absolute atomic E-state index is 5.82. The lowest BCUT2D eigenvalue weighted by Crippen LogP contribution is -2.24. The Labute approximate surface area is 121 Å². The normalized spacial score (nSPS) is 11.2. The van der Waals surface area contributed by atoms with Gasteiger partial charge in [-0.1, -0.05) is 30.3 Å². The molecule has 0 heterocycles. The summed E-state index contributed by atoms with van der Waals surface area (Å²) in [7, 11) is 2.10. The molecule has 0 radical (unpaired) electrons. The summed E-state index contributed by atoms with van der Waals surface area (Å²) >= 11 is 0. The Morgan fingerprint density at radius 1 is 1.10 bits per heavy atom. The zero-order valence-corrected chi connectivity index (χ0v) is 12.6. The van der Waals surface area contributed by atoms with Gasteiger partial charge in [0.2, 0.25) is 0 Å². The zero-order valence-electron chi connectivity index (χ0n) is 12.6. The summed E-state index contributed by atoms with van der Waals surface area (Å²) in [4.78, 5) is 2.24. The van der Waals surface area contributed by atoms with E-state index in [-0.39, 0.29) is 6.10 Å². The predicted molar refractivity (Wildman–Crippen MR) is 86.2 cm³/mol. The second-order valence-electron chi connectivity index (χ2n) is 5.33. The lowest BCUT2D eigenvalue weighted by molar-refractivity contribution is 0.0846. The number of benzene rings is 2. The Morgan fingerprint density at radius 3 is 2.45 bits per heavy atom. The highest BCUT2D eigenvalue weighted by Crippen LogP contribution is 2.28. The largest absolute Gasteiger partial charge is 0.377 e. The van der Waals surface area contributed by atoms with Crippen LogP contribution >= 0.6 is 0 Å². The summed E-state index contributed by atoms with van der Waals surface area (Å²) in [5.74, 6) is 0. The first kappa shape index (κ1) is 14.8. The number of hydrogen-bond donors (Lipinski definition) is 1. The molecule has 0 aliphatic heterocycles. The van der Waals surface area contributed by atoms with Crippen LogP contribution in [0.4, 0.5) is 5.69 Å². The van der Waals surface area contributed by atoms with E-state index in [1.807, 2.05) is 0 Å². The van der Waals surface area contributed by atoms with Gasteiger partial charge in [-0.2, -0.15) is 0 Å². The molecule has 0 spiro atoms. The van der Waals surface area contributed by atoms with E-state index in [1.165, 1.54) is 22.0 Å². The van der Waals surface area contributed by atoms with Crippen molar-refractivity contribution in [3.05, 3.63) is 42.0 Å². The molecule has 20 heavy (non-hydrogen) atoms. The van der Waals surface area contributed by atoms with Crippen molar-refractivity contribution in [1.82, 2.24) is 0 Å². The molecule has 0 unspecified atom stereocenters. The number of rotatable bonds is 6. The lowest BCUT2D eigenvalue weighted by Gasteiger charge is -2.22. The fraction of sp³-hybridized carbons (Fsp3) is 0.412. The van der Waals surface area contributed by atoms with Gasteiger partial charge in [-0.05, 0) is 30.9 Å². The Hall–Kier alpha value is -1.58. The van der Waals surface area contributed by atoms with Crippen LogP contribution in [-0.2, 0) is 11.3 Å². The molecule has 2 rings (SSSR count). The molecule has 0 fully saturated rings. The molecule has 3 heteroatoms. The molecule has 108 valence electrons. The van der Waals surface area contributed by atoms with Crippen LogP contribution in [0.1, 0.15) is 19.4 Å². The highest BCUT2D eigenvalue weighted by molar-refractivity contribution is 5.96. The molecule has 0 saturated heterocycles. The molecule has 0 aromatic heterocycles. The Morgan fingerprint density at radius 2 is 1.80 bits per heavy atom. The molecule has 2 aromatic rings. The first-order chi connectivity index (χ1) is 9.63. The minimum atomic E-state index is 0.278. The van der Waals surface area contributed by atoms with Gasteiger partial charge in [0.15, 0.2) is 0 Å². The van der Waals surface area contributed by atoms with Gasteiger partial charge in [0.25, 0.3) is 0 Å². The average molecular weight is 272 g/mol. The summed E-state index contributed by atoms with van der Waals surface area (Å²) in [6.07, 6.45) is 0.278. The molecule has 0 aliphatic carbocycles. The first-order valence-electron chi connectivity index (χ1n) is 7.17. The minimum Gasteiger partial charge on any atom is -0.377 e. The summed E-state index contributed by atoms with van der Waals surface area (Å²) in [5, 5.41) is 2.49. The van der Waals surface area contributed by atoms with Gasteiger partial charge in [-0.25, -0.2) is 0 Å². The molecular weight excluding hydrogens is 248 g/mol. The highest BCUT2D eigenvalue weighted by atomic mass is 16.5. The third-order valence-corrected chi connectivity index (χ3v) is 3.50. The second kappa shape index (κ2) is 6.73. The molecule has 2 aromatic carbocycles. The van der Waals surface area contributed by atoms with Gasteiger partial charge in [-0.15, -0.1) is 0 Å². The van der Waals surface area contributed by atoms with Gasteiger partial charge in [-0.3, -0.25) is 0 Å². The Bertz CT molecular complexity index is 566. The predicted octanol–water partition coefficient (Wildman–Crippen LogP) is 3.16. The number of likely N-dealkylation sites (N-methyl/N-ethyl adjacent to an activating group) is 1. The summed E-state index contributed by atoms with van der Waals surface area (Å²) < 4.78 is 5.63. The molecule has 0 bridgehead atoms. The maximum Gasteiger partial charge on any atom is 0.0644 e. The van der Waals surface area contributed by atoms with Crippen molar-refractivity contribution in [2.24, 2.45) is 5.73 Å². The van der Waals surface area contributed by atoms with Crippen LogP contribution in [0.25, 0.3) is 10.8 Å². The third-order valence-electron chi connectivity index (χ3n) is 3.50. The standard InChI is InChI=1S/C17H24N2O/c1-13(2)20-11-10-19(3)17-9-8-14(12-18)15-6-4-5-7-16(15)17/h4-9,13H,10-12,18H2,1-3H3. The molecule has 0 aliphatic rings. The van der Waals surface area contributed by atoms with E-state index in [4.69, 9.17) is 10.5 Å². The maximum atomic E-state index is 5.82. The number of nitrogens with two attached hydrogens (primary N) is 1. The van der Waals surface area contributed by atoms with Crippen molar-refractivity contribution in [2.75, 3.05) is 25.1 Å². The minimum absolute atomic E-state index is 0.278. The van der Waals surface area contributed by atoms with E-state index in [1.54, 1.807) is 0 Å². The van der Waals surface area contributed by atoms with Gasteiger partial charge in [0, 0.05) is 31.2 Å². The summed E-state index contributed by atoms with van der Waals surface area (Å²) in [5.41, 5.74) is 8.24. The van der Waals surface area contributed by atoms with Crippen LogP contribution in [0.3, 0.4) is 0 Å². The number of anilines is 1. The first-order valence-corrected chi connectivity index (χ1v) is 7.17. The van der Waals surface area contributed by atoms with Crippen LogP contribution in [0.15, 0.2) is 36.4 Å². The molecule has 0 amide bonds. The smallest absolute Gasteiger partial charge is 0.0644 e. The summed E-state index contributed by atoms with van der Waals surface area (Å²) in [6.45, 7) is 6.31. The monoisotopic (exact) mass is 272 g/mol. The topological polar surface area (TPSA) is 38.5 Å².